The van der Waals surface area contributed by atoms with Crippen LogP contribution in [0.15, 0.2) is 24.3 Å². The summed E-state index contributed by atoms with van der Waals surface area (Å²) in [7, 11) is -3.46. The lowest BCUT2D eigenvalue weighted by atomic mass is 10.0. The molecule has 0 heterocycles. The van der Waals surface area contributed by atoms with Crippen LogP contribution in [0.3, 0.4) is 0 Å². The van der Waals surface area contributed by atoms with Crippen molar-refractivity contribution in [2.24, 2.45) is 5.92 Å². The second-order valence-corrected chi connectivity index (χ2v) is 6.94. The van der Waals surface area contributed by atoms with Crippen molar-refractivity contribution in [1.29, 1.82) is 0 Å². The number of benzene rings is 1. The molecule has 4 heteroatoms. The second-order valence-electron chi connectivity index (χ2n) is 5.25. The van der Waals surface area contributed by atoms with Crippen LogP contribution in [-0.4, -0.2) is 14.2 Å². The van der Waals surface area contributed by atoms with Crippen LogP contribution in [0.5, 0.6) is 5.75 Å². The lowest BCUT2D eigenvalue weighted by molar-refractivity contribution is 0.477. The zero-order chi connectivity index (χ0) is 13.8. The molecule has 0 saturated heterocycles. The molecule has 0 spiro atoms. The summed E-state index contributed by atoms with van der Waals surface area (Å²) in [5.41, 5.74) is 1.17. The van der Waals surface area contributed by atoms with Crippen molar-refractivity contribution in [3.8, 4) is 5.75 Å². The average Bonchev–Trinajstić information content (AvgIpc) is 2.27. The van der Waals surface area contributed by atoms with Crippen molar-refractivity contribution in [1.82, 2.24) is 0 Å². The van der Waals surface area contributed by atoms with E-state index in [0.717, 1.165) is 0 Å². The normalized spacial score (nSPS) is 12.1. The van der Waals surface area contributed by atoms with E-state index < -0.39 is 10.1 Å². The van der Waals surface area contributed by atoms with Gasteiger partial charge in [0.05, 0.1) is 5.75 Å². The topological polar surface area (TPSA) is 43.4 Å². The molecule has 0 amide bonds. The van der Waals surface area contributed by atoms with Gasteiger partial charge in [0.2, 0.25) is 0 Å². The molecule has 0 aliphatic heterocycles. The van der Waals surface area contributed by atoms with Crippen molar-refractivity contribution in [2.75, 3.05) is 5.75 Å². The van der Waals surface area contributed by atoms with Crippen LogP contribution in [0.4, 0.5) is 0 Å². The van der Waals surface area contributed by atoms with E-state index in [1.165, 1.54) is 5.56 Å². The highest BCUT2D eigenvalue weighted by Crippen LogP contribution is 2.20. The highest BCUT2D eigenvalue weighted by atomic mass is 32.2. The molecule has 0 fully saturated rings. The summed E-state index contributed by atoms with van der Waals surface area (Å²) in [6.07, 6.45) is 0.617. The van der Waals surface area contributed by atoms with Gasteiger partial charge in [-0.3, -0.25) is 0 Å². The molecule has 0 aromatic heterocycles. The highest BCUT2D eigenvalue weighted by Gasteiger charge is 2.13. The van der Waals surface area contributed by atoms with Crippen molar-refractivity contribution in [3.05, 3.63) is 29.8 Å². The van der Waals surface area contributed by atoms with Gasteiger partial charge in [0, 0.05) is 0 Å². The summed E-state index contributed by atoms with van der Waals surface area (Å²) in [6.45, 7) is 8.17. The minimum absolute atomic E-state index is 0.0661. The van der Waals surface area contributed by atoms with Crippen LogP contribution in [0.1, 0.15) is 45.6 Å². The number of rotatable bonds is 6. The largest absolute Gasteiger partial charge is 0.382 e. The first-order chi connectivity index (χ1) is 8.30. The summed E-state index contributed by atoms with van der Waals surface area (Å²) in [5.74, 6) is 1.24. The van der Waals surface area contributed by atoms with Gasteiger partial charge in [-0.25, -0.2) is 0 Å². The molecule has 0 saturated carbocycles. The molecule has 0 atom stereocenters. The van der Waals surface area contributed by atoms with E-state index in [1.54, 1.807) is 12.1 Å². The first-order valence-electron chi connectivity index (χ1n) is 6.32. The maximum atomic E-state index is 11.7. The first kappa shape index (κ1) is 15.0. The van der Waals surface area contributed by atoms with Gasteiger partial charge in [0.1, 0.15) is 5.75 Å². The van der Waals surface area contributed by atoms with Gasteiger partial charge < -0.3 is 4.18 Å². The van der Waals surface area contributed by atoms with Gasteiger partial charge in [0.25, 0.3) is 0 Å². The molecule has 102 valence electrons. The van der Waals surface area contributed by atoms with Gasteiger partial charge in [-0.2, -0.15) is 8.42 Å². The van der Waals surface area contributed by atoms with Crippen LogP contribution in [-0.2, 0) is 10.1 Å². The third kappa shape index (κ3) is 5.08. The smallest absolute Gasteiger partial charge is 0.309 e. The van der Waals surface area contributed by atoms with Crippen molar-refractivity contribution in [2.45, 2.75) is 40.0 Å². The molecule has 1 aromatic carbocycles. The monoisotopic (exact) mass is 270 g/mol. The van der Waals surface area contributed by atoms with Crippen molar-refractivity contribution >= 4 is 10.1 Å². The fourth-order valence-electron chi connectivity index (χ4n) is 1.48. The Kier molecular flexibility index (Phi) is 5.20. The Hall–Kier alpha value is -1.03. The molecule has 0 radical (unpaired) electrons. The Bertz CT molecular complexity index is 458. The number of hydrogen-bond acceptors (Lipinski definition) is 3. The van der Waals surface area contributed by atoms with E-state index in [2.05, 4.69) is 13.8 Å². The Morgan fingerprint density at radius 2 is 1.61 bits per heavy atom. The van der Waals surface area contributed by atoms with Crippen LogP contribution >= 0.6 is 0 Å². The molecule has 1 aromatic rings. The fourth-order valence-corrected chi connectivity index (χ4v) is 2.72. The number of hydrogen-bond donors (Lipinski definition) is 0. The molecule has 0 aliphatic carbocycles. The molecule has 1 rings (SSSR count). The maximum absolute atomic E-state index is 11.7. The summed E-state index contributed by atoms with van der Waals surface area (Å²) in [5, 5.41) is 0. The van der Waals surface area contributed by atoms with Gasteiger partial charge in [-0.15, -0.1) is 0 Å². The van der Waals surface area contributed by atoms with Crippen LogP contribution < -0.4 is 4.18 Å². The minimum atomic E-state index is -3.46. The van der Waals surface area contributed by atoms with Crippen LogP contribution in [0, 0.1) is 5.92 Å². The quantitative estimate of drug-likeness (QED) is 0.742. The molecule has 0 bridgehead atoms. The Morgan fingerprint density at radius 3 is 2.06 bits per heavy atom. The van der Waals surface area contributed by atoms with Crippen molar-refractivity contribution < 1.29 is 12.6 Å². The maximum Gasteiger partial charge on any atom is 0.309 e. The van der Waals surface area contributed by atoms with E-state index in [0.29, 0.717) is 24.0 Å². The Morgan fingerprint density at radius 1 is 1.06 bits per heavy atom. The molecule has 0 aliphatic rings. The first-order valence-corrected chi connectivity index (χ1v) is 7.90. The zero-order valence-electron chi connectivity index (χ0n) is 11.5. The molecule has 0 N–H and O–H groups in total. The van der Waals surface area contributed by atoms with Crippen molar-refractivity contribution in [3.63, 3.8) is 0 Å². The van der Waals surface area contributed by atoms with Crippen LogP contribution in [0.25, 0.3) is 0 Å². The predicted octanol–water partition coefficient (Wildman–Crippen LogP) is 3.56. The third-order valence-electron chi connectivity index (χ3n) is 2.72. The van der Waals surface area contributed by atoms with Gasteiger partial charge in [-0.05, 0) is 36.0 Å². The summed E-state index contributed by atoms with van der Waals surface area (Å²) in [4.78, 5) is 0. The summed E-state index contributed by atoms with van der Waals surface area (Å²) >= 11 is 0. The lowest BCUT2D eigenvalue weighted by Gasteiger charge is -2.10. The van der Waals surface area contributed by atoms with E-state index in [1.807, 2.05) is 26.0 Å². The molecular weight excluding hydrogens is 248 g/mol. The van der Waals surface area contributed by atoms with Gasteiger partial charge >= 0.3 is 10.1 Å². The van der Waals surface area contributed by atoms with E-state index >= 15 is 0 Å². The van der Waals surface area contributed by atoms with E-state index in [9.17, 15) is 8.42 Å². The highest BCUT2D eigenvalue weighted by molar-refractivity contribution is 7.87. The predicted molar refractivity (Wildman–Crippen MR) is 74.4 cm³/mol. The second kappa shape index (κ2) is 6.23. The Balaban J connectivity index is 2.66. The SMILES string of the molecule is CC(C)CCS(=O)(=O)Oc1ccc(C(C)C)cc1. The Labute approximate surface area is 110 Å². The van der Waals surface area contributed by atoms with Gasteiger partial charge in [0.15, 0.2) is 0 Å². The minimum Gasteiger partial charge on any atom is -0.382 e. The molecule has 3 nitrogen and oxygen atoms in total. The zero-order valence-corrected chi connectivity index (χ0v) is 12.3. The fraction of sp³-hybridized carbons (Fsp3) is 0.571. The van der Waals surface area contributed by atoms with E-state index in [-0.39, 0.29) is 5.75 Å². The lowest BCUT2D eigenvalue weighted by Crippen LogP contribution is -2.15. The summed E-state index contributed by atoms with van der Waals surface area (Å²) < 4.78 is 28.5. The molecule has 18 heavy (non-hydrogen) atoms. The summed E-state index contributed by atoms with van der Waals surface area (Å²) in [6, 6.07) is 7.22. The van der Waals surface area contributed by atoms with Gasteiger partial charge in [-0.1, -0.05) is 39.8 Å². The molecular formula is C14H22O3S. The third-order valence-corrected chi connectivity index (χ3v) is 3.90. The molecule has 0 unspecified atom stereocenters. The van der Waals surface area contributed by atoms with Crippen LogP contribution in [0.2, 0.25) is 0 Å². The standard InChI is InChI=1S/C14H22O3S/c1-11(2)9-10-18(15,16)17-14-7-5-13(6-8-14)12(3)4/h5-8,11-12H,9-10H2,1-4H3. The van der Waals surface area contributed by atoms with E-state index in [4.69, 9.17) is 4.18 Å². The average molecular weight is 270 g/mol.